The predicted octanol–water partition coefficient (Wildman–Crippen LogP) is 2.18. The number of ether oxygens (including phenoxy) is 1. The van der Waals surface area contributed by atoms with Gasteiger partial charge in [-0.1, -0.05) is 12.1 Å². The van der Waals surface area contributed by atoms with Gasteiger partial charge in [0.1, 0.15) is 5.75 Å². The van der Waals surface area contributed by atoms with Gasteiger partial charge in [0.25, 0.3) is 0 Å². The summed E-state index contributed by atoms with van der Waals surface area (Å²) in [7, 11) is -2.02. The molecule has 0 saturated heterocycles. The van der Waals surface area contributed by atoms with Gasteiger partial charge in [-0.05, 0) is 67.0 Å². The summed E-state index contributed by atoms with van der Waals surface area (Å²) in [5.41, 5.74) is 2.93. The molecule has 0 aliphatic rings. The van der Waals surface area contributed by atoms with E-state index in [9.17, 15) is 8.42 Å². The lowest BCUT2D eigenvalue weighted by atomic mass is 10.1. The fourth-order valence-corrected chi connectivity index (χ4v) is 2.96. The quantitative estimate of drug-likeness (QED) is 0.666. The van der Waals surface area contributed by atoms with Gasteiger partial charge in [0, 0.05) is 12.2 Å². The number of anilines is 1. The van der Waals surface area contributed by atoms with Gasteiger partial charge in [0.2, 0.25) is 10.0 Å². The van der Waals surface area contributed by atoms with E-state index in [1.54, 1.807) is 19.2 Å². The number of benzene rings is 2. The van der Waals surface area contributed by atoms with Gasteiger partial charge >= 0.3 is 0 Å². The molecule has 0 fully saturated rings. The average molecular weight is 380 g/mol. The Bertz CT molecular complexity index is 850. The second kappa shape index (κ2) is 8.28. The summed E-state index contributed by atoms with van der Waals surface area (Å²) in [5, 5.41) is 11.9. The van der Waals surface area contributed by atoms with Crippen molar-refractivity contribution in [1.29, 1.82) is 0 Å². The third kappa shape index (κ3) is 5.70. The molecule has 0 aromatic heterocycles. The Labute approximate surface area is 153 Å². The zero-order valence-corrected chi connectivity index (χ0v) is 15.7. The van der Waals surface area contributed by atoms with Crippen molar-refractivity contribution in [3.8, 4) is 5.75 Å². The van der Waals surface area contributed by atoms with Gasteiger partial charge < -0.3 is 15.4 Å². The molecule has 0 aliphatic heterocycles. The number of methoxy groups -OCH3 is 1. The van der Waals surface area contributed by atoms with Crippen LogP contribution >= 0.6 is 12.2 Å². The van der Waals surface area contributed by atoms with Crippen LogP contribution < -0.4 is 20.5 Å². The van der Waals surface area contributed by atoms with Crippen LogP contribution in [0.1, 0.15) is 11.1 Å². The first-order valence-corrected chi connectivity index (χ1v) is 9.56. The van der Waals surface area contributed by atoms with E-state index in [1.807, 2.05) is 25.1 Å². The highest BCUT2D eigenvalue weighted by molar-refractivity contribution is 7.89. The van der Waals surface area contributed by atoms with Gasteiger partial charge in [-0.15, -0.1) is 0 Å². The van der Waals surface area contributed by atoms with Gasteiger partial charge in [-0.25, -0.2) is 13.6 Å². The molecule has 0 radical (unpaired) electrons. The second-order valence-electron chi connectivity index (χ2n) is 5.50. The molecule has 25 heavy (non-hydrogen) atoms. The van der Waals surface area contributed by atoms with Crippen molar-refractivity contribution in [2.75, 3.05) is 19.0 Å². The Hall–Kier alpha value is -2.16. The lowest BCUT2D eigenvalue weighted by Gasteiger charge is -2.13. The number of nitrogens with one attached hydrogen (secondary N) is 2. The molecule has 6 nitrogen and oxygen atoms in total. The van der Waals surface area contributed by atoms with Crippen LogP contribution in [0.5, 0.6) is 5.75 Å². The normalized spacial score (nSPS) is 11.0. The van der Waals surface area contributed by atoms with Crippen LogP contribution in [0.2, 0.25) is 0 Å². The van der Waals surface area contributed by atoms with Crippen LogP contribution in [-0.2, 0) is 16.4 Å². The summed E-state index contributed by atoms with van der Waals surface area (Å²) >= 11 is 5.29. The molecular weight excluding hydrogens is 358 g/mol. The molecule has 4 N–H and O–H groups in total. The van der Waals surface area contributed by atoms with E-state index < -0.39 is 10.0 Å². The summed E-state index contributed by atoms with van der Waals surface area (Å²) in [5.74, 6) is 0.796. The minimum atomic E-state index is -3.65. The maximum absolute atomic E-state index is 11.2. The Balaban J connectivity index is 1.84. The highest BCUT2D eigenvalue weighted by Crippen LogP contribution is 2.20. The van der Waals surface area contributed by atoms with Crippen LogP contribution in [0.25, 0.3) is 0 Å². The van der Waals surface area contributed by atoms with Crippen molar-refractivity contribution in [3.05, 3.63) is 53.6 Å². The van der Waals surface area contributed by atoms with Crippen molar-refractivity contribution in [1.82, 2.24) is 5.32 Å². The minimum absolute atomic E-state index is 0.108. The molecule has 0 saturated carbocycles. The summed E-state index contributed by atoms with van der Waals surface area (Å²) in [6.45, 7) is 2.59. The molecule has 0 heterocycles. The van der Waals surface area contributed by atoms with Crippen LogP contribution in [0.4, 0.5) is 5.69 Å². The number of hydrogen-bond donors (Lipinski definition) is 3. The molecule has 0 atom stereocenters. The van der Waals surface area contributed by atoms with Crippen molar-refractivity contribution >= 4 is 33.0 Å². The SMILES string of the molecule is COc1ccc(NC(=S)NCCc2ccc(S(N)(=O)=O)cc2)c(C)c1. The second-order valence-corrected chi connectivity index (χ2v) is 7.47. The van der Waals surface area contributed by atoms with Crippen molar-refractivity contribution in [2.45, 2.75) is 18.2 Å². The van der Waals surface area contributed by atoms with E-state index in [0.717, 1.165) is 22.6 Å². The number of thiocarbonyl (C=S) groups is 1. The average Bonchev–Trinajstić information content (AvgIpc) is 2.56. The number of hydrogen-bond acceptors (Lipinski definition) is 4. The fraction of sp³-hybridized carbons (Fsp3) is 0.235. The summed E-state index contributed by atoms with van der Waals surface area (Å²) in [4.78, 5) is 0.108. The highest BCUT2D eigenvalue weighted by Gasteiger charge is 2.07. The molecule has 2 aromatic carbocycles. The molecule has 0 spiro atoms. The molecular formula is C17H21N3O3S2. The van der Waals surface area contributed by atoms with Crippen molar-refractivity contribution < 1.29 is 13.2 Å². The summed E-state index contributed by atoms with van der Waals surface area (Å²) < 4.78 is 27.6. The van der Waals surface area contributed by atoms with Gasteiger partial charge in [-0.3, -0.25) is 0 Å². The molecule has 8 heteroatoms. The van der Waals surface area contributed by atoms with Crippen molar-refractivity contribution in [3.63, 3.8) is 0 Å². The summed E-state index contributed by atoms with van der Waals surface area (Å²) in [6, 6.07) is 12.2. The molecule has 0 amide bonds. The maximum Gasteiger partial charge on any atom is 0.238 e. The van der Waals surface area contributed by atoms with E-state index in [1.165, 1.54) is 12.1 Å². The van der Waals surface area contributed by atoms with Gasteiger partial charge in [-0.2, -0.15) is 0 Å². The van der Waals surface area contributed by atoms with Crippen LogP contribution in [0.3, 0.4) is 0 Å². The Morgan fingerprint density at radius 2 is 1.88 bits per heavy atom. The van der Waals surface area contributed by atoms with Crippen LogP contribution in [0.15, 0.2) is 47.4 Å². The lowest BCUT2D eigenvalue weighted by molar-refractivity contribution is 0.414. The largest absolute Gasteiger partial charge is 0.497 e. The molecule has 2 rings (SSSR count). The number of primary sulfonamides is 1. The Morgan fingerprint density at radius 3 is 2.44 bits per heavy atom. The van der Waals surface area contributed by atoms with E-state index in [2.05, 4.69) is 10.6 Å². The maximum atomic E-state index is 11.2. The lowest BCUT2D eigenvalue weighted by Crippen LogP contribution is -2.30. The van der Waals surface area contributed by atoms with Gasteiger partial charge in [0.05, 0.1) is 12.0 Å². The zero-order chi connectivity index (χ0) is 18.4. The molecule has 0 aliphatic carbocycles. The molecule has 0 bridgehead atoms. The molecule has 2 aromatic rings. The number of aryl methyl sites for hydroxylation is 1. The number of sulfonamides is 1. The Morgan fingerprint density at radius 1 is 1.20 bits per heavy atom. The van der Waals surface area contributed by atoms with Crippen LogP contribution in [-0.4, -0.2) is 27.2 Å². The van der Waals surface area contributed by atoms with Crippen LogP contribution in [0, 0.1) is 6.92 Å². The van der Waals surface area contributed by atoms with Gasteiger partial charge in [0.15, 0.2) is 5.11 Å². The first-order chi connectivity index (χ1) is 11.8. The third-order valence-electron chi connectivity index (χ3n) is 3.63. The van der Waals surface area contributed by atoms with E-state index in [4.69, 9.17) is 22.1 Å². The third-order valence-corrected chi connectivity index (χ3v) is 4.81. The first-order valence-electron chi connectivity index (χ1n) is 7.61. The number of nitrogens with two attached hydrogens (primary N) is 1. The first kappa shape index (κ1) is 19.2. The van der Waals surface area contributed by atoms with E-state index in [-0.39, 0.29) is 4.90 Å². The monoisotopic (exact) mass is 379 g/mol. The molecule has 0 unspecified atom stereocenters. The molecule has 134 valence electrons. The topological polar surface area (TPSA) is 93.4 Å². The smallest absolute Gasteiger partial charge is 0.238 e. The van der Waals surface area contributed by atoms with E-state index >= 15 is 0 Å². The highest BCUT2D eigenvalue weighted by atomic mass is 32.2. The number of rotatable bonds is 6. The summed E-state index contributed by atoms with van der Waals surface area (Å²) in [6.07, 6.45) is 0.703. The fourth-order valence-electron chi connectivity index (χ4n) is 2.24. The van der Waals surface area contributed by atoms with Crippen molar-refractivity contribution in [2.24, 2.45) is 5.14 Å². The minimum Gasteiger partial charge on any atom is -0.497 e. The standard InChI is InChI=1S/C17H21N3O3S2/c1-12-11-14(23-2)5-8-16(12)20-17(24)19-10-9-13-3-6-15(7-4-13)25(18,21)22/h3-8,11H,9-10H2,1-2H3,(H2,18,21,22)(H2,19,20,24). The predicted molar refractivity (Wildman–Crippen MR) is 103 cm³/mol. The Kier molecular flexibility index (Phi) is 6.35. The zero-order valence-electron chi connectivity index (χ0n) is 14.1. The van der Waals surface area contributed by atoms with E-state index in [0.29, 0.717) is 18.1 Å².